The van der Waals surface area contributed by atoms with Crippen LogP contribution in [0.4, 0.5) is 0 Å². The van der Waals surface area contributed by atoms with Gasteiger partial charge in [-0.3, -0.25) is 4.79 Å². The van der Waals surface area contributed by atoms with Crippen molar-refractivity contribution in [3.8, 4) is 0 Å². The van der Waals surface area contributed by atoms with Crippen LogP contribution in [0.15, 0.2) is 0 Å². The fourth-order valence-corrected chi connectivity index (χ4v) is 1.32. The molecule has 0 fully saturated rings. The van der Waals surface area contributed by atoms with Crippen molar-refractivity contribution in [1.82, 2.24) is 10.6 Å². The summed E-state index contributed by atoms with van der Waals surface area (Å²) < 4.78 is 0. The fraction of sp³-hybridized carbons (Fsp3) is 0.800. The molecule has 0 saturated carbocycles. The van der Waals surface area contributed by atoms with E-state index in [9.17, 15) is 9.59 Å². The van der Waals surface area contributed by atoms with E-state index in [4.69, 9.17) is 10.2 Å². The van der Waals surface area contributed by atoms with Gasteiger partial charge in [-0.1, -0.05) is 6.92 Å². The second-order valence-corrected chi connectivity index (χ2v) is 3.79. The standard InChI is InChI=1S/C10H20N2O4/c1-4-11-6(2)5-8(14)12-9(7(3)13)10(15)16/h6-7,9,11,13H,4-5H2,1-3H3,(H,12,14)(H,15,16). The maximum atomic E-state index is 11.4. The summed E-state index contributed by atoms with van der Waals surface area (Å²) in [6.07, 6.45) is -0.930. The minimum Gasteiger partial charge on any atom is -0.480 e. The zero-order valence-electron chi connectivity index (χ0n) is 9.86. The SMILES string of the molecule is CCNC(C)CC(=O)NC(C(=O)O)C(C)O. The number of aliphatic hydroxyl groups excluding tert-OH is 1. The highest BCUT2D eigenvalue weighted by atomic mass is 16.4. The van der Waals surface area contributed by atoms with Crippen LogP contribution in [0.25, 0.3) is 0 Å². The summed E-state index contributed by atoms with van der Waals surface area (Å²) in [5, 5.41) is 23.2. The lowest BCUT2D eigenvalue weighted by Crippen LogP contribution is -2.48. The molecule has 16 heavy (non-hydrogen) atoms. The molecule has 0 radical (unpaired) electrons. The first kappa shape index (κ1) is 14.9. The molecular formula is C10H20N2O4. The van der Waals surface area contributed by atoms with Crippen molar-refractivity contribution in [3.63, 3.8) is 0 Å². The predicted octanol–water partition coefficient (Wildman–Crippen LogP) is -0.675. The molecule has 6 nitrogen and oxygen atoms in total. The molecule has 0 spiro atoms. The van der Waals surface area contributed by atoms with Gasteiger partial charge in [-0.15, -0.1) is 0 Å². The van der Waals surface area contributed by atoms with Gasteiger partial charge < -0.3 is 20.8 Å². The minimum absolute atomic E-state index is 0.0200. The molecule has 3 unspecified atom stereocenters. The highest BCUT2D eigenvalue weighted by Gasteiger charge is 2.25. The quantitative estimate of drug-likeness (QED) is 0.466. The average molecular weight is 232 g/mol. The normalized spacial score (nSPS) is 16.2. The largest absolute Gasteiger partial charge is 0.480 e. The molecule has 0 aliphatic carbocycles. The molecule has 0 aromatic rings. The monoisotopic (exact) mass is 232 g/mol. The lowest BCUT2D eigenvalue weighted by atomic mass is 10.1. The van der Waals surface area contributed by atoms with E-state index in [0.29, 0.717) is 0 Å². The van der Waals surface area contributed by atoms with E-state index in [1.54, 1.807) is 0 Å². The van der Waals surface area contributed by atoms with E-state index in [-0.39, 0.29) is 18.4 Å². The van der Waals surface area contributed by atoms with E-state index in [2.05, 4.69) is 10.6 Å². The van der Waals surface area contributed by atoms with E-state index in [1.807, 2.05) is 13.8 Å². The van der Waals surface area contributed by atoms with Crippen molar-refractivity contribution in [2.24, 2.45) is 0 Å². The molecule has 0 aliphatic heterocycles. The molecule has 0 aromatic carbocycles. The van der Waals surface area contributed by atoms with Crippen molar-refractivity contribution < 1.29 is 19.8 Å². The smallest absolute Gasteiger partial charge is 0.328 e. The van der Waals surface area contributed by atoms with Crippen LogP contribution in [0.1, 0.15) is 27.2 Å². The number of carbonyl (C=O) groups is 2. The Morgan fingerprint density at radius 3 is 2.25 bits per heavy atom. The Morgan fingerprint density at radius 2 is 1.88 bits per heavy atom. The predicted molar refractivity (Wildman–Crippen MR) is 59.0 cm³/mol. The van der Waals surface area contributed by atoms with Crippen LogP contribution >= 0.6 is 0 Å². The highest BCUT2D eigenvalue weighted by molar-refractivity contribution is 5.84. The Labute approximate surface area is 95.0 Å². The summed E-state index contributed by atoms with van der Waals surface area (Å²) in [6.45, 7) is 5.82. The average Bonchev–Trinajstić information content (AvgIpc) is 2.13. The van der Waals surface area contributed by atoms with E-state index in [1.165, 1.54) is 6.92 Å². The summed E-state index contributed by atoms with van der Waals surface area (Å²) in [4.78, 5) is 22.1. The van der Waals surface area contributed by atoms with Crippen LogP contribution in [0.5, 0.6) is 0 Å². The molecule has 0 aromatic heterocycles. The number of carboxylic acid groups (broad SMARTS) is 1. The second-order valence-electron chi connectivity index (χ2n) is 3.79. The van der Waals surface area contributed by atoms with Gasteiger partial charge in [0.05, 0.1) is 6.10 Å². The number of carboxylic acids is 1. The third-order valence-electron chi connectivity index (χ3n) is 2.11. The first-order valence-corrected chi connectivity index (χ1v) is 5.32. The van der Waals surface area contributed by atoms with Gasteiger partial charge in [0, 0.05) is 12.5 Å². The molecule has 94 valence electrons. The summed E-state index contributed by atoms with van der Waals surface area (Å²) in [5.74, 6) is -1.62. The van der Waals surface area contributed by atoms with Crippen LogP contribution in [0.3, 0.4) is 0 Å². The number of amides is 1. The molecule has 0 bridgehead atoms. The van der Waals surface area contributed by atoms with Gasteiger partial charge in [-0.05, 0) is 20.4 Å². The van der Waals surface area contributed by atoms with E-state index in [0.717, 1.165) is 6.54 Å². The topological polar surface area (TPSA) is 98.7 Å². The van der Waals surface area contributed by atoms with E-state index < -0.39 is 18.1 Å². The molecule has 0 rings (SSSR count). The molecule has 0 saturated heterocycles. The Kier molecular flexibility index (Phi) is 6.67. The minimum atomic E-state index is -1.25. The van der Waals surface area contributed by atoms with Gasteiger partial charge in [-0.2, -0.15) is 0 Å². The summed E-state index contributed by atoms with van der Waals surface area (Å²) in [5.41, 5.74) is 0. The third kappa shape index (κ3) is 5.67. The first-order valence-electron chi connectivity index (χ1n) is 5.32. The van der Waals surface area contributed by atoms with Gasteiger partial charge in [-0.25, -0.2) is 4.79 Å². The number of rotatable bonds is 7. The number of carbonyl (C=O) groups excluding carboxylic acids is 1. The number of hydrogen-bond donors (Lipinski definition) is 4. The van der Waals surface area contributed by atoms with Gasteiger partial charge >= 0.3 is 5.97 Å². The number of nitrogens with one attached hydrogen (secondary N) is 2. The van der Waals surface area contributed by atoms with Gasteiger partial charge in [0.2, 0.25) is 5.91 Å². The van der Waals surface area contributed by atoms with Crippen LogP contribution < -0.4 is 10.6 Å². The summed E-state index contributed by atoms with van der Waals surface area (Å²) in [7, 11) is 0. The van der Waals surface area contributed by atoms with Crippen LogP contribution in [-0.4, -0.2) is 46.8 Å². The molecule has 1 amide bonds. The first-order chi connectivity index (χ1) is 7.38. The second kappa shape index (κ2) is 7.19. The molecule has 6 heteroatoms. The van der Waals surface area contributed by atoms with Crippen molar-refractivity contribution in [3.05, 3.63) is 0 Å². The van der Waals surface area contributed by atoms with E-state index >= 15 is 0 Å². The molecule has 3 atom stereocenters. The zero-order valence-corrected chi connectivity index (χ0v) is 9.86. The fourth-order valence-electron chi connectivity index (χ4n) is 1.32. The van der Waals surface area contributed by atoms with Crippen molar-refractivity contribution >= 4 is 11.9 Å². The van der Waals surface area contributed by atoms with Crippen LogP contribution in [0.2, 0.25) is 0 Å². The Balaban J connectivity index is 4.15. The Morgan fingerprint density at radius 1 is 1.31 bits per heavy atom. The number of aliphatic carboxylic acids is 1. The van der Waals surface area contributed by atoms with Crippen LogP contribution in [0, 0.1) is 0 Å². The van der Waals surface area contributed by atoms with Crippen molar-refractivity contribution in [2.45, 2.75) is 45.4 Å². The maximum Gasteiger partial charge on any atom is 0.328 e. The molecule has 0 heterocycles. The summed E-state index contributed by atoms with van der Waals surface area (Å²) >= 11 is 0. The van der Waals surface area contributed by atoms with Gasteiger partial charge in [0.25, 0.3) is 0 Å². The Bertz CT molecular complexity index is 243. The Hall–Kier alpha value is -1.14. The molecule has 4 N–H and O–H groups in total. The summed E-state index contributed by atoms with van der Waals surface area (Å²) in [6, 6.07) is -1.27. The maximum absolute atomic E-state index is 11.4. The van der Waals surface area contributed by atoms with Crippen molar-refractivity contribution in [1.29, 1.82) is 0 Å². The van der Waals surface area contributed by atoms with Gasteiger partial charge in [0.1, 0.15) is 0 Å². The number of aliphatic hydroxyl groups is 1. The molecular weight excluding hydrogens is 212 g/mol. The highest BCUT2D eigenvalue weighted by Crippen LogP contribution is 1.96. The number of hydrogen-bond acceptors (Lipinski definition) is 4. The third-order valence-corrected chi connectivity index (χ3v) is 2.11. The zero-order chi connectivity index (χ0) is 12.7. The van der Waals surface area contributed by atoms with Gasteiger partial charge in [0.15, 0.2) is 6.04 Å². The molecule has 0 aliphatic rings. The lowest BCUT2D eigenvalue weighted by molar-refractivity contribution is -0.144. The van der Waals surface area contributed by atoms with Crippen LogP contribution in [-0.2, 0) is 9.59 Å². The van der Waals surface area contributed by atoms with Crippen molar-refractivity contribution in [2.75, 3.05) is 6.54 Å². The lowest BCUT2D eigenvalue weighted by Gasteiger charge is -2.18.